The lowest BCUT2D eigenvalue weighted by molar-refractivity contribution is -0.137. The van der Waals surface area contributed by atoms with Crippen molar-refractivity contribution in [3.05, 3.63) is 52.1 Å². The highest BCUT2D eigenvalue weighted by atomic mass is 35.5. The number of hydrogen-bond donors (Lipinski definition) is 1. The van der Waals surface area contributed by atoms with E-state index in [0.29, 0.717) is 15.7 Å². The molecule has 0 aliphatic carbocycles. The molecule has 2 aromatic rings. The van der Waals surface area contributed by atoms with Gasteiger partial charge in [-0.25, -0.2) is 4.98 Å². The van der Waals surface area contributed by atoms with Crippen LogP contribution in [0.3, 0.4) is 0 Å². The molecule has 0 fully saturated rings. The summed E-state index contributed by atoms with van der Waals surface area (Å²) in [5.41, 5.74) is -0.475. The van der Waals surface area contributed by atoms with Crippen molar-refractivity contribution in [3.8, 4) is 0 Å². The predicted octanol–water partition coefficient (Wildman–Crippen LogP) is 5.53. The van der Waals surface area contributed by atoms with Crippen LogP contribution in [0, 0.1) is 0 Å². The van der Waals surface area contributed by atoms with Gasteiger partial charge in [0.15, 0.2) is 0 Å². The smallest absolute Gasteiger partial charge is 0.324 e. The number of anilines is 1. The zero-order chi connectivity index (χ0) is 17.9. The average molecular weight is 395 g/mol. The lowest BCUT2D eigenvalue weighted by Crippen LogP contribution is -2.22. The molecule has 1 atom stereocenters. The summed E-state index contributed by atoms with van der Waals surface area (Å²) in [5.74, 6) is -0.370. The topological polar surface area (TPSA) is 42.0 Å². The third-order valence-corrected chi connectivity index (χ3v) is 4.81. The Balaban J connectivity index is 2.02. The van der Waals surface area contributed by atoms with Crippen LogP contribution >= 0.6 is 35.0 Å². The largest absolute Gasteiger partial charge is 0.417 e. The molecule has 1 amide bonds. The molecule has 9 heteroatoms. The molecular formula is C15H11Cl2F3N2OS. The third kappa shape index (κ3) is 4.78. The van der Waals surface area contributed by atoms with Crippen LogP contribution in [0.2, 0.25) is 10.0 Å². The van der Waals surface area contributed by atoms with Crippen LogP contribution < -0.4 is 5.32 Å². The highest BCUT2D eigenvalue weighted by molar-refractivity contribution is 8.00. The van der Waals surface area contributed by atoms with E-state index in [1.807, 2.05) is 0 Å². The molecule has 1 unspecified atom stereocenters. The van der Waals surface area contributed by atoms with E-state index in [1.165, 1.54) is 6.07 Å². The third-order valence-electron chi connectivity index (χ3n) is 2.94. The molecule has 0 spiro atoms. The second kappa shape index (κ2) is 7.63. The molecule has 1 aromatic heterocycles. The number of pyridine rings is 1. The minimum Gasteiger partial charge on any atom is -0.324 e. The minimum absolute atomic E-state index is 0.220. The number of hydrogen-bond acceptors (Lipinski definition) is 3. The maximum absolute atomic E-state index is 12.5. The van der Waals surface area contributed by atoms with Crippen molar-refractivity contribution >= 4 is 46.6 Å². The Morgan fingerprint density at radius 3 is 2.54 bits per heavy atom. The zero-order valence-electron chi connectivity index (χ0n) is 12.2. The van der Waals surface area contributed by atoms with Crippen LogP contribution in [0.25, 0.3) is 0 Å². The summed E-state index contributed by atoms with van der Waals surface area (Å²) in [4.78, 5) is 15.9. The molecule has 0 aliphatic rings. The van der Waals surface area contributed by atoms with Gasteiger partial charge in [-0.3, -0.25) is 4.79 Å². The molecule has 0 radical (unpaired) electrons. The van der Waals surface area contributed by atoms with Crippen molar-refractivity contribution in [2.75, 3.05) is 5.32 Å². The van der Waals surface area contributed by atoms with E-state index in [0.717, 1.165) is 24.0 Å². The van der Waals surface area contributed by atoms with Gasteiger partial charge in [-0.05, 0) is 31.2 Å². The number of rotatable bonds is 4. The first kappa shape index (κ1) is 18.9. The van der Waals surface area contributed by atoms with E-state index < -0.39 is 17.0 Å². The standard InChI is InChI=1S/C15H11Cl2F3N2OS/c1-8(14(23)22-11-4-2-3-10(16)13(11)17)24-12-6-5-9(7-21-12)15(18,19)20/h2-8H,1H3,(H,22,23). The Bertz CT molecular complexity index is 738. The average Bonchev–Trinajstić information content (AvgIpc) is 2.51. The summed E-state index contributed by atoms with van der Waals surface area (Å²) in [5, 5.41) is 2.86. The zero-order valence-corrected chi connectivity index (χ0v) is 14.5. The van der Waals surface area contributed by atoms with Gasteiger partial charge in [0.1, 0.15) is 0 Å². The Morgan fingerprint density at radius 2 is 1.96 bits per heavy atom. The maximum Gasteiger partial charge on any atom is 0.417 e. The van der Waals surface area contributed by atoms with Crippen molar-refractivity contribution < 1.29 is 18.0 Å². The molecule has 1 heterocycles. The van der Waals surface area contributed by atoms with Gasteiger partial charge in [-0.2, -0.15) is 13.2 Å². The SMILES string of the molecule is CC(Sc1ccc(C(F)(F)F)cn1)C(=O)Nc1cccc(Cl)c1Cl. The first-order valence-electron chi connectivity index (χ1n) is 6.63. The van der Waals surface area contributed by atoms with Crippen LogP contribution in [-0.2, 0) is 11.0 Å². The summed E-state index contributed by atoms with van der Waals surface area (Å²) >= 11 is 12.9. The molecule has 0 saturated carbocycles. The van der Waals surface area contributed by atoms with Gasteiger partial charge in [0.05, 0.1) is 31.6 Å². The minimum atomic E-state index is -4.44. The quantitative estimate of drug-likeness (QED) is 0.693. The van der Waals surface area contributed by atoms with Crippen molar-refractivity contribution in [3.63, 3.8) is 0 Å². The van der Waals surface area contributed by atoms with Crippen molar-refractivity contribution in [2.24, 2.45) is 0 Å². The van der Waals surface area contributed by atoms with E-state index in [-0.39, 0.29) is 10.9 Å². The molecule has 0 aliphatic heterocycles. The van der Waals surface area contributed by atoms with Crippen molar-refractivity contribution in [2.45, 2.75) is 23.4 Å². The van der Waals surface area contributed by atoms with Crippen LogP contribution in [0.15, 0.2) is 41.6 Å². The number of carbonyl (C=O) groups excluding carboxylic acids is 1. The number of carbonyl (C=O) groups is 1. The van der Waals surface area contributed by atoms with E-state index in [1.54, 1.807) is 25.1 Å². The molecule has 24 heavy (non-hydrogen) atoms. The number of thioether (sulfide) groups is 1. The van der Waals surface area contributed by atoms with Gasteiger partial charge in [-0.1, -0.05) is 41.0 Å². The fourth-order valence-electron chi connectivity index (χ4n) is 1.69. The summed E-state index contributed by atoms with van der Waals surface area (Å²) in [6.45, 7) is 1.61. The molecule has 3 nitrogen and oxygen atoms in total. The lowest BCUT2D eigenvalue weighted by atomic mass is 10.3. The van der Waals surface area contributed by atoms with Gasteiger partial charge in [-0.15, -0.1) is 0 Å². The number of aromatic nitrogens is 1. The fraction of sp³-hybridized carbons (Fsp3) is 0.200. The van der Waals surface area contributed by atoms with Gasteiger partial charge < -0.3 is 5.32 Å². The van der Waals surface area contributed by atoms with E-state index in [2.05, 4.69) is 10.3 Å². The number of halogens is 5. The molecule has 2 rings (SSSR count). The Kier molecular flexibility index (Phi) is 6.01. The second-order valence-corrected chi connectivity index (χ2v) is 6.88. The second-order valence-electron chi connectivity index (χ2n) is 4.73. The van der Waals surface area contributed by atoms with Crippen LogP contribution in [0.5, 0.6) is 0 Å². The highest BCUT2D eigenvalue weighted by Gasteiger charge is 2.30. The molecule has 1 aromatic carbocycles. The van der Waals surface area contributed by atoms with E-state index >= 15 is 0 Å². The first-order valence-corrected chi connectivity index (χ1v) is 8.27. The van der Waals surface area contributed by atoms with Crippen molar-refractivity contribution in [1.29, 1.82) is 0 Å². The first-order chi connectivity index (χ1) is 11.2. The monoisotopic (exact) mass is 394 g/mol. The van der Waals surface area contributed by atoms with Gasteiger partial charge in [0.2, 0.25) is 5.91 Å². The lowest BCUT2D eigenvalue weighted by Gasteiger charge is -2.13. The highest BCUT2D eigenvalue weighted by Crippen LogP contribution is 2.32. The van der Waals surface area contributed by atoms with E-state index in [4.69, 9.17) is 23.2 Å². The molecule has 128 valence electrons. The normalized spacial score (nSPS) is 12.8. The Morgan fingerprint density at radius 1 is 1.25 bits per heavy atom. The summed E-state index contributed by atoms with van der Waals surface area (Å²) in [6.07, 6.45) is -3.71. The number of benzene rings is 1. The number of nitrogens with one attached hydrogen (secondary N) is 1. The van der Waals surface area contributed by atoms with Crippen LogP contribution in [-0.4, -0.2) is 16.1 Å². The van der Waals surface area contributed by atoms with Gasteiger partial charge in [0.25, 0.3) is 0 Å². The Hall–Kier alpha value is -1.44. The molecule has 1 N–H and O–H groups in total. The van der Waals surface area contributed by atoms with E-state index in [9.17, 15) is 18.0 Å². The predicted molar refractivity (Wildman–Crippen MR) is 89.6 cm³/mol. The van der Waals surface area contributed by atoms with Crippen molar-refractivity contribution in [1.82, 2.24) is 4.98 Å². The van der Waals surface area contributed by atoms with Crippen LogP contribution in [0.1, 0.15) is 12.5 Å². The Labute approximate surface area is 150 Å². The van der Waals surface area contributed by atoms with Gasteiger partial charge in [0, 0.05) is 6.20 Å². The van der Waals surface area contributed by atoms with Gasteiger partial charge >= 0.3 is 6.18 Å². The number of amides is 1. The summed E-state index contributed by atoms with van der Waals surface area (Å²) < 4.78 is 37.5. The summed E-state index contributed by atoms with van der Waals surface area (Å²) in [7, 11) is 0. The number of nitrogens with zero attached hydrogens (tertiary/aromatic N) is 1. The number of alkyl halides is 3. The maximum atomic E-state index is 12.5. The molecule has 0 bridgehead atoms. The molecule has 0 saturated heterocycles. The molecular weight excluding hydrogens is 384 g/mol. The fourth-order valence-corrected chi connectivity index (χ4v) is 2.82. The van der Waals surface area contributed by atoms with Crippen LogP contribution in [0.4, 0.5) is 18.9 Å². The summed E-state index contributed by atoms with van der Waals surface area (Å²) in [6, 6.07) is 6.97.